The van der Waals surface area contributed by atoms with Gasteiger partial charge in [-0.1, -0.05) is 12.8 Å². The third-order valence-corrected chi connectivity index (χ3v) is 4.08. The molecule has 1 aromatic carbocycles. The first-order valence-electron chi connectivity index (χ1n) is 7.35. The van der Waals surface area contributed by atoms with Gasteiger partial charge in [0.15, 0.2) is 0 Å². The molecule has 2 aromatic rings. The van der Waals surface area contributed by atoms with E-state index < -0.39 is 0 Å². The summed E-state index contributed by atoms with van der Waals surface area (Å²) >= 11 is 0. The van der Waals surface area contributed by atoms with Gasteiger partial charge < -0.3 is 16.4 Å². The molecule has 0 unspecified atom stereocenters. The predicted octanol–water partition coefficient (Wildman–Crippen LogP) is 2.05. The molecule has 1 fully saturated rings. The van der Waals surface area contributed by atoms with Crippen LogP contribution in [0.5, 0.6) is 0 Å². The molecule has 5 nitrogen and oxygen atoms in total. The molecule has 0 aliphatic heterocycles. The molecule has 0 saturated heterocycles. The maximum atomic E-state index is 11.4. The van der Waals surface area contributed by atoms with Gasteiger partial charge in [-0.15, -0.1) is 0 Å². The first-order valence-corrected chi connectivity index (χ1v) is 7.35. The second kappa shape index (κ2) is 5.60. The fourth-order valence-electron chi connectivity index (χ4n) is 3.07. The number of nitrogen functional groups attached to an aromatic ring is 1. The number of nitrogens with zero attached hydrogens (tertiary/aromatic N) is 2. The van der Waals surface area contributed by atoms with E-state index in [9.17, 15) is 4.79 Å². The topological polar surface area (TPSA) is 85.2 Å². The fraction of sp³-hybridized carbons (Fsp3) is 0.375. The Labute approximate surface area is 123 Å². The summed E-state index contributed by atoms with van der Waals surface area (Å²) in [6.45, 7) is 0.220. The van der Waals surface area contributed by atoms with Crippen molar-refractivity contribution in [3.05, 3.63) is 30.3 Å². The van der Waals surface area contributed by atoms with Crippen molar-refractivity contribution >= 4 is 28.3 Å². The largest absolute Gasteiger partial charge is 0.399 e. The molecule has 1 saturated carbocycles. The van der Waals surface area contributed by atoms with Crippen molar-refractivity contribution in [2.75, 3.05) is 17.2 Å². The molecule has 0 atom stereocenters. The highest BCUT2D eigenvalue weighted by atomic mass is 16.1. The van der Waals surface area contributed by atoms with Crippen LogP contribution >= 0.6 is 0 Å². The van der Waals surface area contributed by atoms with Crippen LogP contribution in [0, 0.1) is 0 Å². The van der Waals surface area contributed by atoms with Gasteiger partial charge in [0.1, 0.15) is 5.82 Å². The third-order valence-electron chi connectivity index (χ3n) is 4.08. The van der Waals surface area contributed by atoms with Crippen molar-refractivity contribution in [3.63, 3.8) is 0 Å². The second-order valence-electron chi connectivity index (χ2n) is 5.65. The van der Waals surface area contributed by atoms with Crippen LogP contribution in [0.4, 0.5) is 11.5 Å². The van der Waals surface area contributed by atoms with Crippen LogP contribution in [-0.4, -0.2) is 23.5 Å². The number of pyridine rings is 1. The number of anilines is 2. The number of aromatic nitrogens is 1. The van der Waals surface area contributed by atoms with E-state index in [4.69, 9.17) is 11.5 Å². The molecule has 5 heteroatoms. The molecule has 3 rings (SSSR count). The highest BCUT2D eigenvalue weighted by Crippen LogP contribution is 2.28. The Morgan fingerprint density at radius 2 is 2.00 bits per heavy atom. The summed E-state index contributed by atoms with van der Waals surface area (Å²) in [6.07, 6.45) is 4.58. The van der Waals surface area contributed by atoms with Gasteiger partial charge in [-0.25, -0.2) is 4.98 Å². The summed E-state index contributed by atoms with van der Waals surface area (Å²) in [4.78, 5) is 18.1. The number of benzene rings is 1. The third kappa shape index (κ3) is 2.91. The van der Waals surface area contributed by atoms with Crippen molar-refractivity contribution in [2.24, 2.45) is 5.73 Å². The van der Waals surface area contributed by atoms with Crippen LogP contribution in [0.1, 0.15) is 25.7 Å². The summed E-state index contributed by atoms with van der Waals surface area (Å²) in [5, 5.41) is 1.00. The maximum Gasteiger partial charge on any atom is 0.237 e. The first-order chi connectivity index (χ1) is 10.1. The Kier molecular flexibility index (Phi) is 3.64. The lowest BCUT2D eigenvalue weighted by Crippen LogP contribution is -2.40. The molecule has 1 aliphatic carbocycles. The van der Waals surface area contributed by atoms with Gasteiger partial charge in [0.25, 0.3) is 0 Å². The Bertz CT molecular complexity index is 664. The van der Waals surface area contributed by atoms with E-state index in [1.807, 2.05) is 35.2 Å². The molecule has 21 heavy (non-hydrogen) atoms. The standard InChI is InChI=1S/C16H20N4O/c17-12-6-7-14-11(9-12)5-8-16(19-14)20(10-15(18)21)13-3-1-2-4-13/h5-9,13H,1-4,10,17H2,(H2,18,21). The van der Waals surface area contributed by atoms with Crippen LogP contribution < -0.4 is 16.4 Å². The van der Waals surface area contributed by atoms with Gasteiger partial charge >= 0.3 is 0 Å². The summed E-state index contributed by atoms with van der Waals surface area (Å²) in [5.41, 5.74) is 12.8. The molecule has 0 spiro atoms. The highest BCUT2D eigenvalue weighted by Gasteiger charge is 2.25. The van der Waals surface area contributed by atoms with E-state index in [-0.39, 0.29) is 12.5 Å². The van der Waals surface area contributed by atoms with Crippen LogP contribution in [0.15, 0.2) is 30.3 Å². The quantitative estimate of drug-likeness (QED) is 0.841. The minimum absolute atomic E-state index is 0.220. The van der Waals surface area contributed by atoms with Gasteiger partial charge in [-0.05, 0) is 43.2 Å². The second-order valence-corrected chi connectivity index (χ2v) is 5.65. The number of hydrogen-bond acceptors (Lipinski definition) is 4. The summed E-state index contributed by atoms with van der Waals surface area (Å²) in [5.74, 6) is 0.499. The fourth-order valence-corrected chi connectivity index (χ4v) is 3.07. The number of carbonyl (C=O) groups excluding carboxylic acids is 1. The Balaban J connectivity index is 1.97. The molecule has 4 N–H and O–H groups in total. The number of amides is 1. The smallest absolute Gasteiger partial charge is 0.237 e. The Morgan fingerprint density at radius 3 is 2.71 bits per heavy atom. The van der Waals surface area contributed by atoms with Gasteiger partial charge in [-0.2, -0.15) is 0 Å². The Hall–Kier alpha value is -2.30. The minimum Gasteiger partial charge on any atom is -0.399 e. The normalized spacial score (nSPS) is 15.4. The number of nitrogens with two attached hydrogens (primary N) is 2. The molecule has 1 amide bonds. The van der Waals surface area contributed by atoms with Gasteiger partial charge in [-0.3, -0.25) is 4.79 Å². The molecule has 1 heterocycles. The number of carbonyl (C=O) groups is 1. The SMILES string of the molecule is NC(=O)CN(c1ccc2cc(N)ccc2n1)C1CCCC1. The lowest BCUT2D eigenvalue weighted by atomic mass is 10.1. The van der Waals surface area contributed by atoms with Crippen LogP contribution in [0.25, 0.3) is 10.9 Å². The van der Waals surface area contributed by atoms with E-state index >= 15 is 0 Å². The minimum atomic E-state index is -0.318. The maximum absolute atomic E-state index is 11.4. The summed E-state index contributed by atoms with van der Waals surface area (Å²) in [7, 11) is 0. The molecule has 110 valence electrons. The van der Waals surface area contributed by atoms with Crippen LogP contribution in [0.2, 0.25) is 0 Å². The zero-order chi connectivity index (χ0) is 14.8. The zero-order valence-corrected chi connectivity index (χ0v) is 12.0. The molecule has 1 aliphatic rings. The molecule has 0 radical (unpaired) electrons. The van der Waals surface area contributed by atoms with E-state index in [2.05, 4.69) is 4.98 Å². The number of primary amides is 1. The number of rotatable bonds is 4. The van der Waals surface area contributed by atoms with E-state index in [1.54, 1.807) is 0 Å². The van der Waals surface area contributed by atoms with Crippen LogP contribution in [0.3, 0.4) is 0 Å². The average molecular weight is 284 g/mol. The van der Waals surface area contributed by atoms with Crippen molar-refractivity contribution in [1.82, 2.24) is 4.98 Å². The number of hydrogen-bond donors (Lipinski definition) is 2. The number of fused-ring (bicyclic) bond motifs is 1. The predicted molar refractivity (Wildman–Crippen MR) is 85.0 cm³/mol. The van der Waals surface area contributed by atoms with Crippen LogP contribution in [-0.2, 0) is 4.79 Å². The van der Waals surface area contributed by atoms with Crippen molar-refractivity contribution < 1.29 is 4.79 Å². The van der Waals surface area contributed by atoms with Crippen molar-refractivity contribution in [3.8, 4) is 0 Å². The van der Waals surface area contributed by atoms with Gasteiger partial charge in [0.2, 0.25) is 5.91 Å². The molecular formula is C16H20N4O. The summed E-state index contributed by atoms with van der Waals surface area (Å²) in [6, 6.07) is 9.95. The zero-order valence-electron chi connectivity index (χ0n) is 12.0. The van der Waals surface area contributed by atoms with E-state index in [1.165, 1.54) is 12.8 Å². The molecule has 1 aromatic heterocycles. The molecular weight excluding hydrogens is 264 g/mol. The van der Waals surface area contributed by atoms with Crippen molar-refractivity contribution in [2.45, 2.75) is 31.7 Å². The first kappa shape index (κ1) is 13.7. The van der Waals surface area contributed by atoms with E-state index in [0.717, 1.165) is 35.2 Å². The lowest BCUT2D eigenvalue weighted by Gasteiger charge is -2.29. The average Bonchev–Trinajstić information content (AvgIpc) is 2.98. The summed E-state index contributed by atoms with van der Waals surface area (Å²) < 4.78 is 0. The van der Waals surface area contributed by atoms with E-state index in [0.29, 0.717) is 6.04 Å². The highest BCUT2D eigenvalue weighted by molar-refractivity contribution is 5.84. The van der Waals surface area contributed by atoms with Gasteiger partial charge in [0, 0.05) is 17.1 Å². The Morgan fingerprint density at radius 1 is 1.24 bits per heavy atom. The van der Waals surface area contributed by atoms with Gasteiger partial charge in [0.05, 0.1) is 12.1 Å². The monoisotopic (exact) mass is 284 g/mol. The lowest BCUT2D eigenvalue weighted by molar-refractivity contribution is -0.116. The molecule has 0 bridgehead atoms. The van der Waals surface area contributed by atoms with Crippen molar-refractivity contribution in [1.29, 1.82) is 0 Å².